The number of hydrogen-bond acceptors (Lipinski definition) is 5. The second-order valence-electron chi connectivity index (χ2n) is 6.95. The molecule has 0 spiro atoms. The zero-order valence-electron chi connectivity index (χ0n) is 14.2. The summed E-state index contributed by atoms with van der Waals surface area (Å²) < 4.78 is 7.80. The molecule has 5 rings (SSSR count). The normalized spacial score (nSPS) is 15.4. The molecule has 3 aromatic heterocycles. The molecule has 1 aromatic carbocycles. The summed E-state index contributed by atoms with van der Waals surface area (Å²) in [6, 6.07) is 15.6. The molecule has 0 radical (unpaired) electrons. The number of aromatic nitrogens is 4. The SMILES string of the molecule is OCC1(COc2ccc3nc(-c4nnc5ccccn45)ccc3c2)CC1. The molecular formula is C20H18N4O2. The minimum absolute atomic E-state index is 0.0220. The standard InChI is InChI=1S/C20H18N4O2/c25-12-20(8-9-20)13-26-15-5-7-16-14(11-15)4-6-17(21-16)19-23-22-18-3-1-2-10-24(18)19/h1-7,10-11,25H,8-9,12-13H2. The fourth-order valence-corrected chi connectivity index (χ4v) is 3.10. The first kappa shape index (κ1) is 15.3. The Morgan fingerprint density at radius 2 is 2.00 bits per heavy atom. The second-order valence-corrected chi connectivity index (χ2v) is 6.95. The second kappa shape index (κ2) is 5.78. The monoisotopic (exact) mass is 346 g/mol. The summed E-state index contributed by atoms with van der Waals surface area (Å²) in [7, 11) is 0. The van der Waals surface area contributed by atoms with Gasteiger partial charge in [0.1, 0.15) is 11.4 Å². The highest BCUT2D eigenvalue weighted by Gasteiger charge is 2.42. The van der Waals surface area contributed by atoms with Crippen LogP contribution in [0.1, 0.15) is 12.8 Å². The van der Waals surface area contributed by atoms with Crippen LogP contribution in [0.15, 0.2) is 54.7 Å². The Morgan fingerprint density at radius 1 is 1.08 bits per heavy atom. The van der Waals surface area contributed by atoms with E-state index in [-0.39, 0.29) is 12.0 Å². The third kappa shape index (κ3) is 2.59. The lowest BCUT2D eigenvalue weighted by Gasteiger charge is -2.13. The van der Waals surface area contributed by atoms with E-state index in [4.69, 9.17) is 9.72 Å². The van der Waals surface area contributed by atoms with Crippen LogP contribution in [0, 0.1) is 5.41 Å². The zero-order valence-corrected chi connectivity index (χ0v) is 14.2. The number of aliphatic hydroxyl groups excluding tert-OH is 1. The van der Waals surface area contributed by atoms with Gasteiger partial charge in [-0.15, -0.1) is 10.2 Å². The van der Waals surface area contributed by atoms with Crippen molar-refractivity contribution in [1.29, 1.82) is 0 Å². The van der Waals surface area contributed by atoms with Gasteiger partial charge in [-0.2, -0.15) is 0 Å². The van der Waals surface area contributed by atoms with Crippen LogP contribution in [0.2, 0.25) is 0 Å². The van der Waals surface area contributed by atoms with Gasteiger partial charge in [-0.1, -0.05) is 12.1 Å². The number of fused-ring (bicyclic) bond motifs is 2. The number of benzene rings is 1. The van der Waals surface area contributed by atoms with Crippen LogP contribution in [0.3, 0.4) is 0 Å². The van der Waals surface area contributed by atoms with Crippen LogP contribution >= 0.6 is 0 Å². The van der Waals surface area contributed by atoms with E-state index >= 15 is 0 Å². The number of aliphatic hydroxyl groups is 1. The van der Waals surface area contributed by atoms with Crippen LogP contribution < -0.4 is 4.74 Å². The third-order valence-corrected chi connectivity index (χ3v) is 5.04. The van der Waals surface area contributed by atoms with Gasteiger partial charge < -0.3 is 9.84 Å². The van der Waals surface area contributed by atoms with Crippen molar-refractivity contribution >= 4 is 16.6 Å². The Morgan fingerprint density at radius 3 is 2.85 bits per heavy atom. The van der Waals surface area contributed by atoms with Crippen molar-refractivity contribution in [2.24, 2.45) is 5.41 Å². The molecule has 1 aliphatic rings. The average Bonchev–Trinajstić information content (AvgIpc) is 3.36. The first-order valence-corrected chi connectivity index (χ1v) is 8.71. The fourth-order valence-electron chi connectivity index (χ4n) is 3.10. The Bertz CT molecular complexity index is 1100. The van der Waals surface area contributed by atoms with Crippen molar-refractivity contribution in [2.75, 3.05) is 13.2 Å². The maximum Gasteiger partial charge on any atom is 0.187 e. The zero-order chi connectivity index (χ0) is 17.6. The van der Waals surface area contributed by atoms with Crippen molar-refractivity contribution < 1.29 is 9.84 Å². The Labute approximate surface area is 150 Å². The molecule has 0 saturated heterocycles. The molecule has 1 aliphatic carbocycles. The summed E-state index contributed by atoms with van der Waals surface area (Å²) in [6.45, 7) is 0.754. The largest absolute Gasteiger partial charge is 0.493 e. The van der Waals surface area contributed by atoms with Crippen LogP contribution in [-0.2, 0) is 0 Å². The molecule has 130 valence electrons. The minimum atomic E-state index is -0.0220. The first-order valence-electron chi connectivity index (χ1n) is 8.71. The van der Waals surface area contributed by atoms with E-state index in [0.29, 0.717) is 6.61 Å². The molecule has 0 atom stereocenters. The van der Waals surface area contributed by atoms with E-state index in [1.54, 1.807) is 0 Å². The van der Waals surface area contributed by atoms with Crippen LogP contribution in [0.25, 0.3) is 28.1 Å². The van der Waals surface area contributed by atoms with Gasteiger partial charge in [-0.25, -0.2) is 4.98 Å². The van der Waals surface area contributed by atoms with Gasteiger partial charge in [-0.3, -0.25) is 4.40 Å². The molecule has 6 nitrogen and oxygen atoms in total. The molecule has 1 N–H and O–H groups in total. The number of hydrogen-bond donors (Lipinski definition) is 1. The maximum absolute atomic E-state index is 9.40. The van der Waals surface area contributed by atoms with E-state index in [1.165, 1.54) is 0 Å². The van der Waals surface area contributed by atoms with E-state index in [9.17, 15) is 5.11 Å². The van der Waals surface area contributed by atoms with Gasteiger partial charge in [0.25, 0.3) is 0 Å². The number of ether oxygens (including phenoxy) is 1. The van der Waals surface area contributed by atoms with Gasteiger partial charge in [0.15, 0.2) is 11.5 Å². The topological polar surface area (TPSA) is 72.5 Å². The molecule has 0 bridgehead atoms. The lowest BCUT2D eigenvalue weighted by Crippen LogP contribution is -2.16. The molecule has 4 aromatic rings. The van der Waals surface area contributed by atoms with E-state index in [0.717, 1.165) is 46.7 Å². The van der Waals surface area contributed by atoms with Crippen molar-refractivity contribution in [1.82, 2.24) is 19.6 Å². The van der Waals surface area contributed by atoms with Gasteiger partial charge in [0.2, 0.25) is 0 Å². The summed E-state index contributed by atoms with van der Waals surface area (Å²) in [6.07, 6.45) is 4.00. The molecule has 0 aliphatic heterocycles. The lowest BCUT2D eigenvalue weighted by molar-refractivity contribution is 0.147. The van der Waals surface area contributed by atoms with Gasteiger partial charge >= 0.3 is 0 Å². The predicted molar refractivity (Wildman–Crippen MR) is 98.0 cm³/mol. The molecule has 0 amide bonds. The summed E-state index contributed by atoms with van der Waals surface area (Å²) in [4.78, 5) is 4.73. The van der Waals surface area contributed by atoms with Gasteiger partial charge in [-0.05, 0) is 49.2 Å². The fraction of sp³-hybridized carbons (Fsp3) is 0.250. The van der Waals surface area contributed by atoms with E-state index in [2.05, 4.69) is 10.2 Å². The van der Waals surface area contributed by atoms with Gasteiger partial charge in [0, 0.05) is 17.0 Å². The van der Waals surface area contributed by atoms with Crippen LogP contribution in [0.4, 0.5) is 0 Å². The molecule has 1 fully saturated rings. The van der Waals surface area contributed by atoms with Crippen molar-refractivity contribution in [3.63, 3.8) is 0 Å². The Hall–Kier alpha value is -2.99. The smallest absolute Gasteiger partial charge is 0.187 e. The summed E-state index contributed by atoms with van der Waals surface area (Å²) in [5.74, 6) is 1.53. The molecule has 6 heteroatoms. The van der Waals surface area contributed by atoms with Crippen LogP contribution in [0.5, 0.6) is 5.75 Å². The van der Waals surface area contributed by atoms with Crippen molar-refractivity contribution in [2.45, 2.75) is 12.8 Å². The summed E-state index contributed by atoms with van der Waals surface area (Å²) >= 11 is 0. The molecule has 26 heavy (non-hydrogen) atoms. The van der Waals surface area contributed by atoms with Crippen molar-refractivity contribution in [3.8, 4) is 17.3 Å². The quantitative estimate of drug-likeness (QED) is 0.601. The number of nitrogens with zero attached hydrogens (tertiary/aromatic N) is 4. The third-order valence-electron chi connectivity index (χ3n) is 5.04. The molecular weight excluding hydrogens is 328 g/mol. The summed E-state index contributed by atoms with van der Waals surface area (Å²) in [5.41, 5.74) is 2.44. The van der Waals surface area contributed by atoms with E-state index < -0.39 is 0 Å². The average molecular weight is 346 g/mol. The van der Waals surface area contributed by atoms with Gasteiger partial charge in [0.05, 0.1) is 18.7 Å². The maximum atomic E-state index is 9.40. The summed E-state index contributed by atoms with van der Waals surface area (Å²) in [5, 5.41) is 18.9. The Balaban J connectivity index is 1.46. The highest BCUT2D eigenvalue weighted by atomic mass is 16.5. The first-order chi connectivity index (χ1) is 12.8. The number of pyridine rings is 2. The number of rotatable bonds is 5. The minimum Gasteiger partial charge on any atom is -0.493 e. The Kier molecular flexibility index (Phi) is 3.39. The molecule has 1 saturated carbocycles. The highest BCUT2D eigenvalue weighted by molar-refractivity contribution is 5.82. The molecule has 0 unspecified atom stereocenters. The van der Waals surface area contributed by atoms with Crippen LogP contribution in [-0.4, -0.2) is 37.9 Å². The van der Waals surface area contributed by atoms with Crippen molar-refractivity contribution in [3.05, 3.63) is 54.7 Å². The lowest BCUT2D eigenvalue weighted by atomic mass is 10.1. The molecule has 3 heterocycles. The predicted octanol–water partition coefficient (Wildman–Crippen LogP) is 3.10. The highest BCUT2D eigenvalue weighted by Crippen LogP contribution is 2.45. The van der Waals surface area contributed by atoms with E-state index in [1.807, 2.05) is 59.1 Å².